The summed E-state index contributed by atoms with van der Waals surface area (Å²) in [5.74, 6) is 1.54. The molecule has 1 saturated carbocycles. The Morgan fingerprint density at radius 1 is 1.32 bits per heavy atom. The van der Waals surface area contributed by atoms with Gasteiger partial charge in [0.2, 0.25) is 0 Å². The van der Waals surface area contributed by atoms with Gasteiger partial charge in [-0.3, -0.25) is 5.10 Å². The molecule has 0 radical (unpaired) electrons. The third kappa shape index (κ3) is 2.84. The van der Waals surface area contributed by atoms with Crippen molar-refractivity contribution in [1.29, 1.82) is 0 Å². The normalized spacial score (nSPS) is 16.8. The summed E-state index contributed by atoms with van der Waals surface area (Å²) in [6.45, 7) is 0. The van der Waals surface area contributed by atoms with Crippen LogP contribution in [0, 0.1) is 5.92 Å². The molecular weight excluding hydrogens is 254 g/mol. The van der Waals surface area contributed by atoms with Gasteiger partial charge in [0.15, 0.2) is 5.82 Å². The van der Waals surface area contributed by atoms with Crippen LogP contribution < -0.4 is 5.73 Å². The zero-order valence-corrected chi connectivity index (χ0v) is 12.0. The van der Waals surface area contributed by atoms with E-state index in [1.54, 1.807) is 11.3 Å². The summed E-state index contributed by atoms with van der Waals surface area (Å²) in [5, 5.41) is 9.42. The van der Waals surface area contributed by atoms with Gasteiger partial charge >= 0.3 is 0 Å². The van der Waals surface area contributed by atoms with E-state index in [0.717, 1.165) is 17.9 Å². The van der Waals surface area contributed by atoms with Crippen LogP contribution in [0.3, 0.4) is 0 Å². The number of aromatic amines is 1. The maximum atomic E-state index is 6.01. The first kappa shape index (κ1) is 12.7. The molecule has 19 heavy (non-hydrogen) atoms. The second-order valence-corrected chi connectivity index (χ2v) is 6.43. The van der Waals surface area contributed by atoms with Crippen LogP contribution in [0.2, 0.25) is 0 Å². The van der Waals surface area contributed by atoms with Crippen LogP contribution >= 0.6 is 11.3 Å². The zero-order chi connectivity index (χ0) is 13.1. The molecule has 1 aliphatic rings. The van der Waals surface area contributed by atoms with E-state index in [2.05, 4.69) is 27.7 Å². The van der Waals surface area contributed by atoms with Gasteiger partial charge in [-0.1, -0.05) is 38.2 Å². The number of aryl methyl sites for hydroxylation is 1. The summed E-state index contributed by atoms with van der Waals surface area (Å²) < 4.78 is 0. The van der Waals surface area contributed by atoms with Gasteiger partial charge < -0.3 is 5.73 Å². The fraction of sp³-hybridized carbons (Fsp3) is 0.533. The largest absolute Gasteiger partial charge is 0.382 e. The highest BCUT2D eigenvalue weighted by Crippen LogP contribution is 2.34. The summed E-state index contributed by atoms with van der Waals surface area (Å²) in [4.78, 5) is 1.23. The van der Waals surface area contributed by atoms with E-state index in [1.165, 1.54) is 49.1 Å². The fourth-order valence-corrected chi connectivity index (χ4v) is 3.90. The molecule has 102 valence electrons. The molecule has 1 aliphatic carbocycles. The third-order valence-electron chi connectivity index (χ3n) is 4.16. The van der Waals surface area contributed by atoms with Crippen molar-refractivity contribution in [1.82, 2.24) is 10.2 Å². The third-order valence-corrected chi connectivity index (χ3v) is 5.05. The topological polar surface area (TPSA) is 54.7 Å². The van der Waals surface area contributed by atoms with Crippen molar-refractivity contribution < 1.29 is 0 Å². The summed E-state index contributed by atoms with van der Waals surface area (Å²) in [7, 11) is 0. The predicted molar refractivity (Wildman–Crippen MR) is 81.2 cm³/mol. The van der Waals surface area contributed by atoms with E-state index in [4.69, 9.17) is 5.73 Å². The van der Waals surface area contributed by atoms with Crippen LogP contribution in [0.25, 0.3) is 10.4 Å². The molecule has 2 heterocycles. The maximum Gasteiger partial charge on any atom is 0.154 e. The second kappa shape index (κ2) is 5.78. The summed E-state index contributed by atoms with van der Waals surface area (Å²) in [5.41, 5.74) is 8.35. The van der Waals surface area contributed by atoms with Crippen molar-refractivity contribution in [3.05, 3.63) is 23.2 Å². The molecule has 0 saturated heterocycles. The average Bonchev–Trinajstić information content (AvgIpc) is 3.07. The summed E-state index contributed by atoms with van der Waals surface area (Å²) >= 11 is 1.73. The number of nitrogens with one attached hydrogen (secondary N) is 1. The van der Waals surface area contributed by atoms with Gasteiger partial charge in [0.1, 0.15) is 0 Å². The molecule has 3 rings (SSSR count). The SMILES string of the molecule is Nc1n[nH]c(CCC2CCCCC2)c1-c1cccs1. The van der Waals surface area contributed by atoms with Crippen molar-refractivity contribution in [2.24, 2.45) is 5.92 Å². The number of nitrogens with two attached hydrogens (primary N) is 1. The first-order chi connectivity index (χ1) is 9.34. The number of thiophene rings is 1. The van der Waals surface area contributed by atoms with Crippen LogP contribution in [0.1, 0.15) is 44.2 Å². The Morgan fingerprint density at radius 2 is 2.16 bits per heavy atom. The number of hydrogen-bond acceptors (Lipinski definition) is 3. The molecule has 1 fully saturated rings. The molecule has 0 bridgehead atoms. The van der Waals surface area contributed by atoms with Crippen molar-refractivity contribution in [2.45, 2.75) is 44.9 Å². The molecule has 0 aliphatic heterocycles. The lowest BCUT2D eigenvalue weighted by atomic mass is 9.85. The van der Waals surface area contributed by atoms with E-state index in [0.29, 0.717) is 5.82 Å². The first-order valence-corrected chi connectivity index (χ1v) is 8.09. The molecule has 0 amide bonds. The van der Waals surface area contributed by atoms with Gasteiger partial charge in [-0.2, -0.15) is 5.10 Å². The average molecular weight is 275 g/mol. The Hall–Kier alpha value is -1.29. The molecular formula is C15H21N3S. The van der Waals surface area contributed by atoms with Crippen molar-refractivity contribution >= 4 is 17.2 Å². The lowest BCUT2D eigenvalue weighted by Gasteiger charge is -2.21. The van der Waals surface area contributed by atoms with Crippen molar-refractivity contribution in [2.75, 3.05) is 5.73 Å². The molecule has 0 atom stereocenters. The molecule has 4 heteroatoms. The zero-order valence-electron chi connectivity index (χ0n) is 11.2. The Kier molecular flexibility index (Phi) is 3.87. The molecule has 0 unspecified atom stereocenters. The monoisotopic (exact) mass is 275 g/mol. The highest BCUT2D eigenvalue weighted by Gasteiger charge is 2.17. The van der Waals surface area contributed by atoms with Crippen LogP contribution in [0.5, 0.6) is 0 Å². The quantitative estimate of drug-likeness (QED) is 0.877. The Morgan fingerprint density at radius 3 is 2.89 bits per heavy atom. The minimum absolute atomic E-state index is 0.640. The Bertz CT molecular complexity index is 509. The maximum absolute atomic E-state index is 6.01. The highest BCUT2D eigenvalue weighted by molar-refractivity contribution is 7.13. The number of rotatable bonds is 4. The molecule has 2 aromatic heterocycles. The molecule has 3 nitrogen and oxygen atoms in total. The Balaban J connectivity index is 1.71. The van der Waals surface area contributed by atoms with Crippen molar-refractivity contribution in [3.63, 3.8) is 0 Å². The second-order valence-electron chi connectivity index (χ2n) is 5.48. The van der Waals surface area contributed by atoms with E-state index in [-0.39, 0.29) is 0 Å². The lowest BCUT2D eigenvalue weighted by Crippen LogP contribution is -2.07. The molecule has 0 aromatic carbocycles. The highest BCUT2D eigenvalue weighted by atomic mass is 32.1. The van der Waals surface area contributed by atoms with Gasteiger partial charge in [0.05, 0.1) is 5.56 Å². The standard InChI is InChI=1S/C15H21N3S/c16-15-14(13-7-4-10-19-13)12(17-18-15)9-8-11-5-2-1-3-6-11/h4,7,10-11H,1-3,5-6,8-9H2,(H3,16,17,18). The van der Waals surface area contributed by atoms with Gasteiger partial charge in [0, 0.05) is 10.6 Å². The number of H-pyrrole nitrogens is 1. The number of nitrogen functional groups attached to an aromatic ring is 1. The summed E-state index contributed by atoms with van der Waals surface area (Å²) in [6.07, 6.45) is 9.38. The van der Waals surface area contributed by atoms with E-state index >= 15 is 0 Å². The van der Waals surface area contributed by atoms with E-state index in [9.17, 15) is 0 Å². The van der Waals surface area contributed by atoms with Crippen LogP contribution in [-0.2, 0) is 6.42 Å². The molecule has 2 aromatic rings. The van der Waals surface area contributed by atoms with Gasteiger partial charge in [-0.15, -0.1) is 11.3 Å². The smallest absolute Gasteiger partial charge is 0.154 e. The van der Waals surface area contributed by atoms with Crippen LogP contribution in [-0.4, -0.2) is 10.2 Å². The first-order valence-electron chi connectivity index (χ1n) is 7.21. The number of aromatic nitrogens is 2. The van der Waals surface area contributed by atoms with Crippen molar-refractivity contribution in [3.8, 4) is 10.4 Å². The van der Waals surface area contributed by atoms with E-state index in [1.807, 2.05) is 0 Å². The number of anilines is 1. The minimum Gasteiger partial charge on any atom is -0.382 e. The minimum atomic E-state index is 0.640. The molecule has 0 spiro atoms. The Labute approximate surface area is 118 Å². The fourth-order valence-electron chi connectivity index (χ4n) is 3.10. The van der Waals surface area contributed by atoms with E-state index < -0.39 is 0 Å². The number of nitrogens with zero attached hydrogens (tertiary/aromatic N) is 1. The molecule has 3 N–H and O–H groups in total. The summed E-state index contributed by atoms with van der Waals surface area (Å²) in [6, 6.07) is 4.19. The number of hydrogen-bond donors (Lipinski definition) is 2. The lowest BCUT2D eigenvalue weighted by molar-refractivity contribution is 0.338. The van der Waals surface area contributed by atoms with Crippen LogP contribution in [0.4, 0.5) is 5.82 Å². The van der Waals surface area contributed by atoms with Gasteiger partial charge in [-0.25, -0.2) is 0 Å². The van der Waals surface area contributed by atoms with Crippen LogP contribution in [0.15, 0.2) is 17.5 Å². The van der Waals surface area contributed by atoms with Gasteiger partial charge in [-0.05, 0) is 30.2 Å². The predicted octanol–water partition coefficient (Wildman–Crippen LogP) is 4.23. The van der Waals surface area contributed by atoms with Gasteiger partial charge in [0.25, 0.3) is 0 Å².